The van der Waals surface area contributed by atoms with Gasteiger partial charge in [0.25, 0.3) is 0 Å². The van der Waals surface area contributed by atoms with Crippen LogP contribution < -0.4 is 5.73 Å². The first-order valence-electron chi connectivity index (χ1n) is 4.56. The Morgan fingerprint density at radius 3 is 2.29 bits per heavy atom. The minimum atomic E-state index is 0.549. The third-order valence-electron chi connectivity index (χ3n) is 2.28. The van der Waals surface area contributed by atoms with Gasteiger partial charge < -0.3 is 5.73 Å². The maximum Gasteiger partial charge on any atom is 0.145 e. The number of aromatic nitrogens is 2. The lowest BCUT2D eigenvalue weighted by Crippen LogP contribution is -2.01. The molecule has 1 aromatic carbocycles. The van der Waals surface area contributed by atoms with Gasteiger partial charge in [0.05, 0.1) is 5.69 Å². The molecule has 0 saturated heterocycles. The van der Waals surface area contributed by atoms with Gasteiger partial charge in [-0.15, -0.1) is 0 Å². The number of nitrogens with two attached hydrogens (primary N) is 1. The van der Waals surface area contributed by atoms with Crippen LogP contribution in [0, 0.1) is 13.8 Å². The molecular formula is C11H13N3. The third kappa shape index (κ3) is 1.37. The van der Waals surface area contributed by atoms with E-state index in [1.807, 2.05) is 16.9 Å². The first-order valence-corrected chi connectivity index (χ1v) is 4.56. The maximum absolute atomic E-state index is 5.58. The number of rotatable bonds is 1. The highest BCUT2D eigenvalue weighted by atomic mass is 15.3. The molecule has 0 radical (unpaired) electrons. The van der Waals surface area contributed by atoms with Crippen molar-refractivity contribution >= 4 is 5.82 Å². The van der Waals surface area contributed by atoms with Crippen molar-refractivity contribution in [2.24, 2.45) is 0 Å². The molecule has 0 saturated carbocycles. The van der Waals surface area contributed by atoms with Gasteiger partial charge in [-0.05, 0) is 25.0 Å². The lowest BCUT2D eigenvalue weighted by molar-refractivity contribution is 0.870. The number of nitrogens with zero attached hydrogens (tertiary/aromatic N) is 2. The Bertz CT molecular complexity index is 437. The van der Waals surface area contributed by atoms with Crippen molar-refractivity contribution in [1.82, 2.24) is 9.78 Å². The Balaban J connectivity index is 2.61. The van der Waals surface area contributed by atoms with Crippen LogP contribution >= 0.6 is 0 Å². The summed E-state index contributed by atoms with van der Waals surface area (Å²) >= 11 is 0. The minimum Gasteiger partial charge on any atom is -0.382 e. The van der Waals surface area contributed by atoms with Crippen molar-refractivity contribution in [2.45, 2.75) is 13.8 Å². The van der Waals surface area contributed by atoms with Crippen LogP contribution in [-0.4, -0.2) is 9.78 Å². The van der Waals surface area contributed by atoms with Crippen LogP contribution in [0.3, 0.4) is 0 Å². The second-order valence-corrected chi connectivity index (χ2v) is 3.43. The molecule has 0 amide bonds. The van der Waals surface area contributed by atoms with Gasteiger partial charge in [0.1, 0.15) is 5.82 Å². The number of benzene rings is 1. The molecule has 3 nitrogen and oxygen atoms in total. The summed E-state index contributed by atoms with van der Waals surface area (Å²) in [6, 6.07) is 7.98. The Kier molecular flexibility index (Phi) is 2.00. The van der Waals surface area contributed by atoms with Crippen molar-refractivity contribution in [3.8, 4) is 5.69 Å². The van der Waals surface area contributed by atoms with Gasteiger partial charge in [0.2, 0.25) is 0 Å². The Labute approximate surface area is 83.2 Å². The predicted molar refractivity (Wildman–Crippen MR) is 57.5 cm³/mol. The summed E-state index contributed by atoms with van der Waals surface area (Å²) in [5, 5.41) is 4.20. The van der Waals surface area contributed by atoms with E-state index in [1.165, 1.54) is 11.1 Å². The van der Waals surface area contributed by atoms with Gasteiger partial charge in [-0.2, -0.15) is 5.10 Å². The van der Waals surface area contributed by atoms with E-state index in [0.29, 0.717) is 5.82 Å². The lowest BCUT2D eigenvalue weighted by Gasteiger charge is -2.08. The molecule has 0 aliphatic carbocycles. The van der Waals surface area contributed by atoms with Crippen LogP contribution in [0.1, 0.15) is 11.1 Å². The molecule has 0 fully saturated rings. The summed E-state index contributed by atoms with van der Waals surface area (Å²) in [5.74, 6) is 0.549. The normalized spacial score (nSPS) is 10.4. The lowest BCUT2D eigenvalue weighted by atomic mass is 10.1. The van der Waals surface area contributed by atoms with E-state index in [-0.39, 0.29) is 0 Å². The fourth-order valence-electron chi connectivity index (χ4n) is 1.63. The van der Waals surface area contributed by atoms with Crippen molar-refractivity contribution in [3.05, 3.63) is 41.6 Å². The molecule has 2 aromatic rings. The average molecular weight is 187 g/mol. The highest BCUT2D eigenvalue weighted by Gasteiger charge is 2.04. The summed E-state index contributed by atoms with van der Waals surface area (Å²) in [6.07, 6.45) is 1.88. The molecule has 2 N–H and O–H groups in total. The molecule has 14 heavy (non-hydrogen) atoms. The van der Waals surface area contributed by atoms with Gasteiger partial charge in [0.15, 0.2) is 0 Å². The van der Waals surface area contributed by atoms with E-state index in [2.05, 4.69) is 31.1 Å². The largest absolute Gasteiger partial charge is 0.382 e. The molecule has 0 unspecified atom stereocenters. The van der Waals surface area contributed by atoms with Gasteiger partial charge >= 0.3 is 0 Å². The molecule has 0 aliphatic rings. The van der Waals surface area contributed by atoms with Gasteiger partial charge in [-0.1, -0.05) is 18.2 Å². The minimum absolute atomic E-state index is 0.549. The topological polar surface area (TPSA) is 43.8 Å². The maximum atomic E-state index is 5.58. The van der Waals surface area contributed by atoms with E-state index in [4.69, 9.17) is 5.73 Å². The molecule has 0 spiro atoms. The molecule has 0 aliphatic heterocycles. The van der Waals surface area contributed by atoms with Crippen LogP contribution in [0.4, 0.5) is 5.82 Å². The van der Waals surface area contributed by atoms with E-state index in [1.54, 1.807) is 6.07 Å². The smallest absolute Gasteiger partial charge is 0.145 e. The summed E-state index contributed by atoms with van der Waals surface area (Å²) in [5.41, 5.74) is 9.10. The van der Waals surface area contributed by atoms with Crippen molar-refractivity contribution < 1.29 is 0 Å². The summed E-state index contributed by atoms with van der Waals surface area (Å²) in [6.45, 7) is 4.14. The third-order valence-corrected chi connectivity index (χ3v) is 2.28. The van der Waals surface area contributed by atoms with Gasteiger partial charge in [-0.3, -0.25) is 0 Å². The molecule has 1 heterocycles. The summed E-state index contributed by atoms with van der Waals surface area (Å²) in [4.78, 5) is 0. The highest BCUT2D eigenvalue weighted by Crippen LogP contribution is 2.18. The summed E-state index contributed by atoms with van der Waals surface area (Å²) in [7, 11) is 0. The van der Waals surface area contributed by atoms with Crippen LogP contribution in [0.2, 0.25) is 0 Å². The van der Waals surface area contributed by atoms with Crippen molar-refractivity contribution in [1.29, 1.82) is 0 Å². The number of para-hydroxylation sites is 1. The van der Waals surface area contributed by atoms with E-state index in [0.717, 1.165) is 5.69 Å². The molecule has 2 rings (SSSR count). The van der Waals surface area contributed by atoms with Crippen LogP contribution in [0.15, 0.2) is 30.5 Å². The van der Waals surface area contributed by atoms with Crippen molar-refractivity contribution in [2.75, 3.05) is 5.73 Å². The van der Waals surface area contributed by atoms with Crippen LogP contribution in [-0.2, 0) is 0 Å². The fraction of sp³-hybridized carbons (Fsp3) is 0.182. The number of nitrogen functional groups attached to an aromatic ring is 1. The van der Waals surface area contributed by atoms with Crippen LogP contribution in [0.25, 0.3) is 5.69 Å². The molecular weight excluding hydrogens is 174 g/mol. The van der Waals surface area contributed by atoms with E-state index in [9.17, 15) is 0 Å². The Hall–Kier alpha value is -1.77. The molecule has 0 atom stereocenters. The predicted octanol–water partition coefficient (Wildman–Crippen LogP) is 2.07. The fourth-order valence-corrected chi connectivity index (χ4v) is 1.63. The number of aryl methyl sites for hydroxylation is 2. The number of hydrogen-bond acceptors (Lipinski definition) is 2. The zero-order chi connectivity index (χ0) is 10.1. The summed E-state index contributed by atoms with van der Waals surface area (Å²) < 4.78 is 1.82. The first-order chi connectivity index (χ1) is 6.68. The number of anilines is 1. The highest BCUT2D eigenvalue weighted by molar-refractivity contribution is 5.47. The molecule has 0 bridgehead atoms. The zero-order valence-electron chi connectivity index (χ0n) is 8.36. The Morgan fingerprint density at radius 2 is 1.79 bits per heavy atom. The molecule has 3 heteroatoms. The second-order valence-electron chi connectivity index (χ2n) is 3.43. The van der Waals surface area contributed by atoms with E-state index >= 15 is 0 Å². The van der Waals surface area contributed by atoms with E-state index < -0.39 is 0 Å². The standard InChI is InChI=1S/C11H13N3/c1-8-4-3-5-9(2)11(8)14-7-6-10(12)13-14/h3-7H,1-2H3,(H2,12,13). The second kappa shape index (κ2) is 3.18. The molecule has 72 valence electrons. The SMILES string of the molecule is Cc1cccc(C)c1-n1ccc(N)n1. The zero-order valence-corrected chi connectivity index (χ0v) is 8.36. The number of hydrogen-bond donors (Lipinski definition) is 1. The molecule has 1 aromatic heterocycles. The first kappa shape index (κ1) is 8.81. The van der Waals surface area contributed by atoms with Crippen molar-refractivity contribution in [3.63, 3.8) is 0 Å². The van der Waals surface area contributed by atoms with Gasteiger partial charge in [0, 0.05) is 12.3 Å². The average Bonchev–Trinajstić information content (AvgIpc) is 2.51. The van der Waals surface area contributed by atoms with Crippen LogP contribution in [0.5, 0.6) is 0 Å². The monoisotopic (exact) mass is 187 g/mol. The quantitative estimate of drug-likeness (QED) is 0.742. The van der Waals surface area contributed by atoms with Gasteiger partial charge in [-0.25, -0.2) is 4.68 Å². The Morgan fingerprint density at radius 1 is 1.14 bits per heavy atom.